The Labute approximate surface area is 71.4 Å². The van der Waals surface area contributed by atoms with E-state index in [2.05, 4.69) is 18.9 Å². The fraction of sp³-hybridized carbons (Fsp3) is 0.500. The summed E-state index contributed by atoms with van der Waals surface area (Å²) < 4.78 is 1.73. The molecule has 0 fully saturated rings. The molecule has 0 aliphatic carbocycles. The summed E-state index contributed by atoms with van der Waals surface area (Å²) >= 11 is 0. The number of rotatable bonds is 3. The van der Waals surface area contributed by atoms with Crippen LogP contribution >= 0.6 is 0 Å². The Hall–Kier alpha value is -1.32. The van der Waals surface area contributed by atoms with E-state index in [9.17, 15) is 4.79 Å². The van der Waals surface area contributed by atoms with Gasteiger partial charge in [-0.1, -0.05) is 13.8 Å². The normalized spacial score (nSPS) is 10.6. The van der Waals surface area contributed by atoms with Crippen molar-refractivity contribution in [2.75, 3.05) is 0 Å². The first kappa shape index (κ1) is 8.77. The molecule has 1 aromatic heterocycles. The van der Waals surface area contributed by atoms with E-state index in [1.54, 1.807) is 10.9 Å². The maximum atomic E-state index is 10.7. The Bertz CT molecular complexity index is 278. The third-order valence-electron chi connectivity index (χ3n) is 1.47. The van der Waals surface area contributed by atoms with Gasteiger partial charge < -0.3 is 5.73 Å². The van der Waals surface area contributed by atoms with Crippen LogP contribution in [0, 0.1) is 5.92 Å². The standard InChI is InChI=1S/C8H13N3O/c1-6(2)4-11-5-7(3-10-11)8(9)12/h3,5-6H,4H2,1-2H3,(H2,9,12). The van der Waals surface area contributed by atoms with Gasteiger partial charge in [-0.3, -0.25) is 9.48 Å². The van der Waals surface area contributed by atoms with Gasteiger partial charge in [0.2, 0.25) is 0 Å². The van der Waals surface area contributed by atoms with E-state index in [-0.39, 0.29) is 0 Å². The molecule has 0 aliphatic rings. The average Bonchev–Trinajstić information content (AvgIpc) is 2.34. The summed E-state index contributed by atoms with van der Waals surface area (Å²) in [5.41, 5.74) is 5.53. The van der Waals surface area contributed by atoms with E-state index in [0.717, 1.165) is 6.54 Å². The molecule has 1 amide bonds. The molecule has 2 N–H and O–H groups in total. The second-order valence-corrected chi connectivity index (χ2v) is 3.21. The minimum Gasteiger partial charge on any atom is -0.366 e. The summed E-state index contributed by atoms with van der Waals surface area (Å²) in [6.45, 7) is 4.99. The first-order chi connectivity index (χ1) is 5.59. The lowest BCUT2D eigenvalue weighted by Gasteiger charge is -2.02. The number of nitrogens with zero attached hydrogens (tertiary/aromatic N) is 2. The fourth-order valence-electron chi connectivity index (χ4n) is 0.965. The maximum Gasteiger partial charge on any atom is 0.251 e. The number of carbonyl (C=O) groups excluding carboxylic acids is 1. The third-order valence-corrected chi connectivity index (χ3v) is 1.47. The van der Waals surface area contributed by atoms with E-state index >= 15 is 0 Å². The molecule has 12 heavy (non-hydrogen) atoms. The molecule has 0 saturated heterocycles. The predicted molar refractivity (Wildman–Crippen MR) is 45.6 cm³/mol. The molecule has 0 saturated carbocycles. The first-order valence-corrected chi connectivity index (χ1v) is 3.92. The SMILES string of the molecule is CC(C)Cn1cc(C(N)=O)cn1. The largest absolute Gasteiger partial charge is 0.366 e. The molecule has 1 rings (SSSR count). The highest BCUT2D eigenvalue weighted by atomic mass is 16.1. The van der Waals surface area contributed by atoms with Crippen LogP contribution in [0.3, 0.4) is 0 Å². The number of hydrogen-bond acceptors (Lipinski definition) is 2. The van der Waals surface area contributed by atoms with Crippen LogP contribution in [0.15, 0.2) is 12.4 Å². The van der Waals surface area contributed by atoms with Gasteiger partial charge in [-0.15, -0.1) is 0 Å². The lowest BCUT2D eigenvalue weighted by atomic mass is 10.2. The minimum atomic E-state index is -0.426. The number of hydrogen-bond donors (Lipinski definition) is 1. The molecule has 0 bridgehead atoms. The van der Waals surface area contributed by atoms with Crippen LogP contribution in [-0.4, -0.2) is 15.7 Å². The molecule has 4 heteroatoms. The Balaban J connectivity index is 2.71. The summed E-state index contributed by atoms with van der Waals surface area (Å²) in [6, 6.07) is 0. The van der Waals surface area contributed by atoms with E-state index in [4.69, 9.17) is 5.73 Å². The molecule has 0 atom stereocenters. The summed E-state index contributed by atoms with van der Waals surface area (Å²) in [4.78, 5) is 10.7. The average molecular weight is 167 g/mol. The summed E-state index contributed by atoms with van der Waals surface area (Å²) in [5.74, 6) is 0.0932. The first-order valence-electron chi connectivity index (χ1n) is 3.92. The molecule has 0 unspecified atom stereocenters. The number of primary amides is 1. The van der Waals surface area contributed by atoms with Gasteiger partial charge in [0.15, 0.2) is 0 Å². The molecular weight excluding hydrogens is 154 g/mol. The second-order valence-electron chi connectivity index (χ2n) is 3.21. The van der Waals surface area contributed by atoms with Crippen molar-refractivity contribution in [2.24, 2.45) is 11.7 Å². The lowest BCUT2D eigenvalue weighted by molar-refractivity contribution is 0.1000. The monoisotopic (exact) mass is 167 g/mol. The van der Waals surface area contributed by atoms with Crippen molar-refractivity contribution in [3.05, 3.63) is 18.0 Å². The fourth-order valence-corrected chi connectivity index (χ4v) is 0.965. The maximum absolute atomic E-state index is 10.7. The van der Waals surface area contributed by atoms with Crippen molar-refractivity contribution in [2.45, 2.75) is 20.4 Å². The van der Waals surface area contributed by atoms with Crippen LogP contribution in [0.1, 0.15) is 24.2 Å². The highest BCUT2D eigenvalue weighted by Gasteiger charge is 2.04. The van der Waals surface area contributed by atoms with Crippen LogP contribution in [0.2, 0.25) is 0 Å². The van der Waals surface area contributed by atoms with Gasteiger partial charge in [-0.05, 0) is 5.92 Å². The highest BCUT2D eigenvalue weighted by Crippen LogP contribution is 2.00. The molecule has 1 heterocycles. The van der Waals surface area contributed by atoms with Gasteiger partial charge in [0, 0.05) is 12.7 Å². The Morgan fingerprint density at radius 1 is 1.75 bits per heavy atom. The number of carbonyl (C=O) groups is 1. The molecule has 0 spiro atoms. The Morgan fingerprint density at radius 3 is 2.83 bits per heavy atom. The van der Waals surface area contributed by atoms with Crippen LogP contribution in [-0.2, 0) is 6.54 Å². The Kier molecular flexibility index (Phi) is 2.47. The predicted octanol–water partition coefficient (Wildman–Crippen LogP) is 0.638. The van der Waals surface area contributed by atoms with Gasteiger partial charge in [0.05, 0.1) is 11.8 Å². The van der Waals surface area contributed by atoms with Crippen molar-refractivity contribution in [1.82, 2.24) is 9.78 Å². The van der Waals surface area contributed by atoms with Gasteiger partial charge in [0.25, 0.3) is 5.91 Å². The van der Waals surface area contributed by atoms with Crippen LogP contribution in [0.25, 0.3) is 0 Å². The van der Waals surface area contributed by atoms with Gasteiger partial charge >= 0.3 is 0 Å². The van der Waals surface area contributed by atoms with Gasteiger partial charge in [0.1, 0.15) is 0 Å². The highest BCUT2D eigenvalue weighted by molar-refractivity contribution is 5.92. The summed E-state index contributed by atoms with van der Waals surface area (Å²) in [6.07, 6.45) is 3.16. The zero-order valence-corrected chi connectivity index (χ0v) is 7.32. The zero-order valence-electron chi connectivity index (χ0n) is 7.32. The molecule has 66 valence electrons. The van der Waals surface area contributed by atoms with E-state index in [1.807, 2.05) is 0 Å². The molecule has 4 nitrogen and oxygen atoms in total. The van der Waals surface area contributed by atoms with Crippen LogP contribution in [0.4, 0.5) is 0 Å². The van der Waals surface area contributed by atoms with Gasteiger partial charge in [-0.25, -0.2) is 0 Å². The van der Waals surface area contributed by atoms with Crippen molar-refractivity contribution in [1.29, 1.82) is 0 Å². The topological polar surface area (TPSA) is 60.9 Å². The molecular formula is C8H13N3O. The van der Waals surface area contributed by atoms with Crippen molar-refractivity contribution in [3.63, 3.8) is 0 Å². The van der Waals surface area contributed by atoms with Crippen molar-refractivity contribution >= 4 is 5.91 Å². The van der Waals surface area contributed by atoms with Crippen LogP contribution in [0.5, 0.6) is 0 Å². The minimum absolute atomic E-state index is 0.426. The number of aromatic nitrogens is 2. The van der Waals surface area contributed by atoms with E-state index in [1.165, 1.54) is 6.20 Å². The molecule has 0 radical (unpaired) electrons. The van der Waals surface area contributed by atoms with Crippen molar-refractivity contribution in [3.8, 4) is 0 Å². The second kappa shape index (κ2) is 3.38. The van der Waals surface area contributed by atoms with Crippen molar-refractivity contribution < 1.29 is 4.79 Å². The summed E-state index contributed by atoms with van der Waals surface area (Å²) in [7, 11) is 0. The van der Waals surface area contributed by atoms with E-state index in [0.29, 0.717) is 11.5 Å². The zero-order chi connectivity index (χ0) is 9.14. The smallest absolute Gasteiger partial charge is 0.251 e. The molecule has 1 aromatic rings. The Morgan fingerprint density at radius 2 is 2.42 bits per heavy atom. The lowest BCUT2D eigenvalue weighted by Crippen LogP contribution is -2.10. The summed E-state index contributed by atoms with van der Waals surface area (Å²) in [5, 5.41) is 3.99. The third kappa shape index (κ3) is 2.08. The van der Waals surface area contributed by atoms with Crippen LogP contribution < -0.4 is 5.73 Å². The van der Waals surface area contributed by atoms with Gasteiger partial charge in [-0.2, -0.15) is 5.10 Å². The molecule has 0 aromatic carbocycles. The number of amides is 1. The van der Waals surface area contributed by atoms with E-state index < -0.39 is 5.91 Å². The molecule has 0 aliphatic heterocycles. The quantitative estimate of drug-likeness (QED) is 0.718. The number of nitrogens with two attached hydrogens (primary N) is 1.